The number of nitrogens with zero attached hydrogens (tertiary/aromatic N) is 5. The summed E-state index contributed by atoms with van der Waals surface area (Å²) in [4.78, 5) is 204. The number of carbonyl (C=O) groups is 14. The molecule has 1 aliphatic heterocycles. The summed E-state index contributed by atoms with van der Waals surface area (Å²) >= 11 is 0. The Kier molecular flexibility index (Phi) is 38.4. The molecule has 0 radical (unpaired) electrons. The zero-order valence-electron chi connectivity index (χ0n) is 63.2. The minimum Gasteiger partial charge on any atom is -0.458 e. The number of hydrogen-bond donors (Lipinski definition) is 8. The van der Waals surface area contributed by atoms with E-state index in [9.17, 15) is 67.1 Å². The number of methoxy groups -OCH3 is 1. The number of ether oxygens (including phenoxy) is 2. The molecular weight excluding hydrogens is 1270 g/mol. The maximum Gasteiger partial charge on any atom is 0.329 e. The number of rotatable bonds is 20. The second-order valence-corrected chi connectivity index (χ2v) is 28.7. The number of cyclic esters (lactones) is 1. The zero-order valence-corrected chi connectivity index (χ0v) is 63.2. The topological polar surface area (TPSA) is 370 Å². The van der Waals surface area contributed by atoms with E-state index >= 15 is 0 Å². The Morgan fingerprint density at radius 3 is 1.43 bits per heavy atom. The van der Waals surface area contributed by atoms with Crippen molar-refractivity contribution < 1.29 is 76.6 Å². The molecule has 1 rings (SSSR count). The van der Waals surface area contributed by atoms with Crippen LogP contribution in [0.1, 0.15) is 176 Å². The molecule has 13 atom stereocenters. The number of nitrogens with one attached hydrogen (secondary N) is 8. The van der Waals surface area contributed by atoms with Gasteiger partial charge in [-0.05, 0) is 80.5 Å². The third-order valence-corrected chi connectivity index (χ3v) is 17.9. The van der Waals surface area contributed by atoms with Crippen molar-refractivity contribution >= 4 is 82.8 Å². The predicted molar refractivity (Wildman–Crippen MR) is 370 cm³/mol. The monoisotopic (exact) mass is 1390 g/mol. The second kappa shape index (κ2) is 42.5. The normalized spacial score (nSPS) is 24.7. The highest BCUT2D eigenvalue weighted by molar-refractivity contribution is 5.97. The largest absolute Gasteiger partial charge is 0.458 e. The molecule has 0 aromatic carbocycles. The van der Waals surface area contributed by atoms with Gasteiger partial charge in [0, 0.05) is 81.2 Å². The molecule has 0 aromatic rings. The molecule has 29 nitrogen and oxygen atoms in total. The lowest BCUT2D eigenvalue weighted by atomic mass is 9.95. The molecular formula is C69H123N13O16. The van der Waals surface area contributed by atoms with Gasteiger partial charge >= 0.3 is 5.97 Å². The number of likely N-dealkylation sites (N-methyl/N-ethyl adjacent to an activating group) is 5. The van der Waals surface area contributed by atoms with E-state index in [2.05, 4.69) is 42.5 Å². The average Bonchev–Trinajstić information content (AvgIpc) is 0.840. The molecule has 1 aliphatic rings. The summed E-state index contributed by atoms with van der Waals surface area (Å²) < 4.78 is 11.1. The summed E-state index contributed by atoms with van der Waals surface area (Å²) in [6, 6.07) is -12.2. The Balaban J connectivity index is 4.16. The van der Waals surface area contributed by atoms with Crippen molar-refractivity contribution in [1.29, 1.82) is 0 Å². The van der Waals surface area contributed by atoms with Gasteiger partial charge in [-0.25, -0.2) is 4.79 Å². The van der Waals surface area contributed by atoms with Crippen LogP contribution in [0.15, 0.2) is 0 Å². The fraction of sp³-hybridized carbons (Fsp3) is 0.797. The lowest BCUT2D eigenvalue weighted by Gasteiger charge is -2.37. The third kappa shape index (κ3) is 27.3. The van der Waals surface area contributed by atoms with Crippen molar-refractivity contribution in [2.45, 2.75) is 243 Å². The minimum absolute atomic E-state index is 0.0608. The average molecular weight is 1390 g/mol. The van der Waals surface area contributed by atoms with Gasteiger partial charge in [0.25, 0.3) is 0 Å². The van der Waals surface area contributed by atoms with Crippen LogP contribution in [0, 0.1) is 47.3 Å². The van der Waals surface area contributed by atoms with Crippen molar-refractivity contribution in [3.63, 3.8) is 0 Å². The summed E-state index contributed by atoms with van der Waals surface area (Å²) in [5.74, 6) is -12.5. The van der Waals surface area contributed by atoms with Gasteiger partial charge in [-0.1, -0.05) is 124 Å². The van der Waals surface area contributed by atoms with Crippen LogP contribution in [0.5, 0.6) is 0 Å². The highest BCUT2D eigenvalue weighted by Gasteiger charge is 2.43. The van der Waals surface area contributed by atoms with Gasteiger partial charge in [0.2, 0.25) is 76.8 Å². The van der Waals surface area contributed by atoms with E-state index in [4.69, 9.17) is 9.47 Å². The summed E-state index contributed by atoms with van der Waals surface area (Å²) in [5.41, 5.74) is 0. The summed E-state index contributed by atoms with van der Waals surface area (Å²) in [5, 5.41) is 21.8. The van der Waals surface area contributed by atoms with Gasteiger partial charge in [0.1, 0.15) is 73.1 Å². The Morgan fingerprint density at radius 1 is 0.561 bits per heavy atom. The van der Waals surface area contributed by atoms with Crippen LogP contribution < -0.4 is 42.5 Å². The maximum atomic E-state index is 14.8. The van der Waals surface area contributed by atoms with E-state index < -0.39 is 185 Å². The van der Waals surface area contributed by atoms with Crippen molar-refractivity contribution in [2.75, 3.05) is 68.6 Å². The molecule has 0 aromatic heterocycles. The molecule has 98 heavy (non-hydrogen) atoms. The van der Waals surface area contributed by atoms with Crippen LogP contribution in [0.25, 0.3) is 0 Å². The van der Waals surface area contributed by atoms with E-state index in [0.29, 0.717) is 12.8 Å². The lowest BCUT2D eigenvalue weighted by Crippen LogP contribution is -2.61. The van der Waals surface area contributed by atoms with Gasteiger partial charge in [0.05, 0.1) is 0 Å². The third-order valence-electron chi connectivity index (χ3n) is 17.9. The number of amides is 13. The molecule has 0 bridgehead atoms. The van der Waals surface area contributed by atoms with Crippen molar-refractivity contribution in [3.05, 3.63) is 0 Å². The Labute approximate surface area is 582 Å². The fourth-order valence-corrected chi connectivity index (χ4v) is 11.7. The van der Waals surface area contributed by atoms with Gasteiger partial charge < -0.3 is 76.5 Å². The molecule has 560 valence electrons. The molecule has 0 aliphatic carbocycles. The fourth-order valence-electron chi connectivity index (χ4n) is 11.7. The van der Waals surface area contributed by atoms with E-state index in [1.807, 2.05) is 48.5 Å². The standard InChI is InChI=1S/C69H123N13O16/c1-25-43(15)58-63(90)72-32-29-52(85)75-55(41(11)12)67(94)80(21)57(42(13)14)68(95)78(19)45(17)60(87)70-30-27-50(83)74-48(34-38(5)6)65(92)82(23)59(44(16)26-2)69(96)98-46(18)56(62(89)71-31-28-51(84)73-47(33-37(3)4)64(91)81(58)22)77-61(88)49(35-39(7)8)79(20)66(93)54(40(9)10)76-53(86)36-97-24/h37-49,54-59H,25-36H2,1-24H3,(H,70,87)(H,71,89)(H,72,90)(H,73,84)(H,74,83)(H,75,85)(H,76,86)(H,77,88)/t43?,44?,45-,46+,47+,48?,49+,54-,55+,56?,57-,58-,59+/m0/s1. The number of carbonyl (C=O) groups excluding carboxylic acids is 14. The molecule has 8 N–H and O–H groups in total. The Hall–Kier alpha value is -7.46. The predicted octanol–water partition coefficient (Wildman–Crippen LogP) is 1.87. The highest BCUT2D eigenvalue weighted by atomic mass is 16.5. The SMILES string of the molecule is CCC(C)[C@H]1C(=O)NCCC(=O)N[C@H](C(C)C)C(=O)N(C)[C@@H](C(C)C)C(=O)N(C)[C@@H](C)C(=O)NCCC(=O)NC(CC(C)C)C(=O)N(C)[C@H](C(C)CC)C(=O)O[C@H](C)C(NC(=O)[C@@H](CC(C)C)N(C)C(=O)[C@@H](NC(=O)COC)C(C)C)C(=O)NCCC(=O)N[C@H](CC(C)C)C(=O)N1C. The van der Waals surface area contributed by atoms with Crippen LogP contribution in [0.3, 0.4) is 0 Å². The van der Waals surface area contributed by atoms with Gasteiger partial charge in [-0.15, -0.1) is 0 Å². The highest BCUT2D eigenvalue weighted by Crippen LogP contribution is 2.23. The van der Waals surface area contributed by atoms with Crippen molar-refractivity contribution in [3.8, 4) is 0 Å². The molecule has 1 saturated heterocycles. The number of hydrogen-bond acceptors (Lipinski definition) is 16. The van der Waals surface area contributed by atoms with Crippen molar-refractivity contribution in [2.24, 2.45) is 47.3 Å². The zero-order chi connectivity index (χ0) is 75.5. The van der Waals surface area contributed by atoms with Gasteiger partial charge in [0.15, 0.2) is 0 Å². The molecule has 13 amide bonds. The van der Waals surface area contributed by atoms with E-state index in [-0.39, 0.29) is 76.1 Å². The molecule has 0 spiro atoms. The Bertz CT molecular complexity index is 2710. The second-order valence-electron chi connectivity index (χ2n) is 28.7. The maximum absolute atomic E-state index is 14.8. The minimum atomic E-state index is -1.73. The van der Waals surface area contributed by atoms with Gasteiger partial charge in [-0.2, -0.15) is 0 Å². The first kappa shape index (κ1) is 88.6. The first-order valence-corrected chi connectivity index (χ1v) is 34.9. The van der Waals surface area contributed by atoms with Gasteiger partial charge in [-0.3, -0.25) is 62.3 Å². The lowest BCUT2D eigenvalue weighted by molar-refractivity contribution is -0.163. The molecule has 4 unspecified atom stereocenters. The summed E-state index contributed by atoms with van der Waals surface area (Å²) in [7, 11) is 8.38. The van der Waals surface area contributed by atoms with Crippen LogP contribution in [-0.4, -0.2) is 242 Å². The number of esters is 1. The quantitative estimate of drug-likeness (QED) is 0.0807. The van der Waals surface area contributed by atoms with E-state index in [1.165, 1.54) is 75.8 Å². The molecule has 0 saturated carbocycles. The molecule has 1 fully saturated rings. The summed E-state index contributed by atoms with van der Waals surface area (Å²) in [6.45, 7) is 30.1. The van der Waals surface area contributed by atoms with Crippen LogP contribution >= 0.6 is 0 Å². The van der Waals surface area contributed by atoms with E-state index in [1.54, 1.807) is 62.3 Å². The van der Waals surface area contributed by atoms with Crippen LogP contribution in [0.4, 0.5) is 0 Å². The Morgan fingerprint density at radius 2 is 1.00 bits per heavy atom. The van der Waals surface area contributed by atoms with Crippen LogP contribution in [-0.2, 0) is 76.6 Å². The smallest absolute Gasteiger partial charge is 0.329 e. The van der Waals surface area contributed by atoms with Crippen molar-refractivity contribution in [1.82, 2.24) is 67.0 Å². The van der Waals surface area contributed by atoms with Crippen LogP contribution in [0.2, 0.25) is 0 Å². The summed E-state index contributed by atoms with van der Waals surface area (Å²) in [6.07, 6.45) is -1.45. The first-order chi connectivity index (χ1) is 45.5. The van der Waals surface area contributed by atoms with E-state index in [0.717, 1.165) is 4.90 Å². The molecule has 1 heterocycles. The first-order valence-electron chi connectivity index (χ1n) is 34.9. The molecule has 29 heteroatoms.